The molecular formula is C65H120N2O7P+. The molecule has 0 aliphatic rings. The van der Waals surface area contributed by atoms with Gasteiger partial charge in [0.1, 0.15) is 19.3 Å². The number of carbonyl (C=O) groups excluding carboxylic acids is 1. The second kappa shape index (κ2) is 55.0. The molecule has 0 radical (unpaired) electrons. The SMILES string of the molecule is C/C=C/CC/C=C/CC/C=C/CCCC(O)C(O)C(COP(=O)(O)OCC[N+](C)(C)C)NC(=O)CCCCCCCCCCCCCCCCCCCCCCCCCCCC/C=C\C/C=C\C/C=C\C/C=C\CC. The predicted molar refractivity (Wildman–Crippen MR) is 324 cm³/mol. The summed E-state index contributed by atoms with van der Waals surface area (Å²) in [6.07, 6.45) is 74.5. The van der Waals surface area contributed by atoms with Crippen LogP contribution < -0.4 is 5.32 Å². The van der Waals surface area contributed by atoms with E-state index < -0.39 is 32.7 Å². The molecule has 4 N–H and O–H groups in total. The van der Waals surface area contributed by atoms with Crippen LogP contribution in [0.5, 0.6) is 0 Å². The molecule has 0 aromatic carbocycles. The first kappa shape index (κ1) is 72.6. The van der Waals surface area contributed by atoms with E-state index in [0.29, 0.717) is 23.9 Å². The lowest BCUT2D eigenvalue weighted by Gasteiger charge is -2.28. The van der Waals surface area contributed by atoms with Crippen molar-refractivity contribution in [1.82, 2.24) is 5.32 Å². The molecule has 0 aromatic rings. The molecule has 436 valence electrons. The number of rotatable bonds is 56. The molecule has 0 heterocycles. The normalized spacial score (nSPS) is 14.8. The van der Waals surface area contributed by atoms with Crippen LogP contribution in [0.25, 0.3) is 0 Å². The Bertz CT molecular complexity index is 1510. The fraction of sp³-hybridized carbons (Fsp3) is 0.769. The highest BCUT2D eigenvalue weighted by atomic mass is 31.2. The third kappa shape index (κ3) is 56.2. The van der Waals surface area contributed by atoms with Gasteiger partial charge in [-0.1, -0.05) is 246 Å². The topological polar surface area (TPSA) is 125 Å². The molecule has 0 fully saturated rings. The van der Waals surface area contributed by atoms with E-state index in [9.17, 15) is 24.5 Å². The number of aliphatic hydroxyl groups is 2. The standard InChI is InChI=1S/C65H119N2O7P/c1-6-8-10-12-14-16-18-20-21-22-23-24-25-26-27-28-29-30-31-32-33-34-35-36-37-38-39-40-41-42-43-44-45-46-48-50-52-54-56-58-64(69)66-62(61-74-75(71,72)73-60-59-67(3,4)5)65(70)63(68)57-55-53-51-49-47-19-17-15-13-11-9-7-2/h7-10,14-17,20-21,23-24,49,51,62-63,65,68,70H,6,11-13,18-19,22,25-48,50,52-61H2,1-5H3,(H-,66,69,71,72)/p+1/b9-7+,10-8-,16-14-,17-15+,21-20-,24-23-,51-49+. The second-order valence-corrected chi connectivity index (χ2v) is 23.6. The van der Waals surface area contributed by atoms with Crippen LogP contribution in [0.15, 0.2) is 85.1 Å². The van der Waals surface area contributed by atoms with Crippen LogP contribution in [0.1, 0.15) is 264 Å². The fourth-order valence-electron chi connectivity index (χ4n) is 8.94. The number of phosphoric ester groups is 1. The van der Waals surface area contributed by atoms with Crippen molar-refractivity contribution in [2.75, 3.05) is 40.9 Å². The Morgan fingerprint density at radius 1 is 0.493 bits per heavy atom. The average molecular weight is 1070 g/mol. The summed E-state index contributed by atoms with van der Waals surface area (Å²) in [4.78, 5) is 23.3. The van der Waals surface area contributed by atoms with Crippen molar-refractivity contribution >= 4 is 13.7 Å². The van der Waals surface area contributed by atoms with E-state index in [4.69, 9.17) is 9.05 Å². The fourth-order valence-corrected chi connectivity index (χ4v) is 9.68. The van der Waals surface area contributed by atoms with Crippen molar-refractivity contribution in [3.05, 3.63) is 85.1 Å². The molecule has 4 atom stereocenters. The Kier molecular flexibility index (Phi) is 53.2. The first-order valence-corrected chi connectivity index (χ1v) is 32.5. The van der Waals surface area contributed by atoms with Crippen molar-refractivity contribution < 1.29 is 38.0 Å². The summed E-state index contributed by atoms with van der Waals surface area (Å²) in [5.74, 6) is -0.273. The molecule has 0 aromatic heterocycles. The molecule has 75 heavy (non-hydrogen) atoms. The van der Waals surface area contributed by atoms with Crippen molar-refractivity contribution in [3.63, 3.8) is 0 Å². The van der Waals surface area contributed by atoms with Gasteiger partial charge < -0.3 is 24.9 Å². The monoisotopic (exact) mass is 1070 g/mol. The second-order valence-electron chi connectivity index (χ2n) is 22.2. The summed E-state index contributed by atoms with van der Waals surface area (Å²) >= 11 is 0. The van der Waals surface area contributed by atoms with Crippen LogP contribution in [0.2, 0.25) is 0 Å². The number of unbranched alkanes of at least 4 members (excludes halogenated alkanes) is 29. The summed E-state index contributed by atoms with van der Waals surface area (Å²) in [5, 5.41) is 24.8. The van der Waals surface area contributed by atoms with E-state index in [1.54, 1.807) is 0 Å². The zero-order chi connectivity index (χ0) is 55.0. The van der Waals surface area contributed by atoms with Crippen molar-refractivity contribution in [1.29, 1.82) is 0 Å². The average Bonchev–Trinajstić information content (AvgIpc) is 3.37. The molecule has 0 aliphatic carbocycles. The molecule has 9 nitrogen and oxygen atoms in total. The molecule has 10 heteroatoms. The molecular weight excluding hydrogens is 952 g/mol. The molecule has 4 unspecified atom stereocenters. The van der Waals surface area contributed by atoms with Gasteiger partial charge in [0.2, 0.25) is 5.91 Å². The molecule has 1 amide bonds. The summed E-state index contributed by atoms with van der Waals surface area (Å²) < 4.78 is 23.6. The number of hydrogen-bond donors (Lipinski definition) is 4. The van der Waals surface area contributed by atoms with Crippen LogP contribution >= 0.6 is 7.82 Å². The third-order valence-corrected chi connectivity index (χ3v) is 14.8. The minimum Gasteiger partial charge on any atom is -0.390 e. The lowest BCUT2D eigenvalue weighted by atomic mass is 10.0. The van der Waals surface area contributed by atoms with Gasteiger partial charge in [-0.25, -0.2) is 4.57 Å². The van der Waals surface area contributed by atoms with Crippen molar-refractivity contribution in [2.45, 2.75) is 283 Å². The van der Waals surface area contributed by atoms with Crippen LogP contribution in [-0.2, 0) is 18.4 Å². The number of carbonyl (C=O) groups is 1. The van der Waals surface area contributed by atoms with E-state index in [1.807, 2.05) is 28.1 Å². The van der Waals surface area contributed by atoms with E-state index in [1.165, 1.54) is 154 Å². The van der Waals surface area contributed by atoms with Crippen LogP contribution in [0.3, 0.4) is 0 Å². The number of nitrogens with one attached hydrogen (secondary N) is 1. The van der Waals surface area contributed by atoms with Gasteiger partial charge in [0, 0.05) is 6.42 Å². The largest absolute Gasteiger partial charge is 0.472 e. The number of amides is 1. The van der Waals surface area contributed by atoms with Crippen LogP contribution in [0, 0.1) is 0 Å². The van der Waals surface area contributed by atoms with Crippen molar-refractivity contribution in [2.24, 2.45) is 0 Å². The number of likely N-dealkylation sites (N-methyl/N-ethyl adjacent to an activating group) is 1. The molecule has 0 saturated heterocycles. The summed E-state index contributed by atoms with van der Waals surface area (Å²) in [6, 6.07) is -1.06. The van der Waals surface area contributed by atoms with E-state index in [-0.39, 0.29) is 18.9 Å². The van der Waals surface area contributed by atoms with Gasteiger partial charge in [-0.3, -0.25) is 13.8 Å². The minimum atomic E-state index is -4.44. The highest BCUT2D eigenvalue weighted by molar-refractivity contribution is 7.47. The van der Waals surface area contributed by atoms with Gasteiger partial charge in [0.05, 0.1) is 39.9 Å². The molecule has 0 bridgehead atoms. The van der Waals surface area contributed by atoms with E-state index in [0.717, 1.165) is 77.0 Å². The van der Waals surface area contributed by atoms with Gasteiger partial charge in [-0.2, -0.15) is 0 Å². The number of allylic oxidation sites excluding steroid dienone is 14. The van der Waals surface area contributed by atoms with E-state index in [2.05, 4.69) is 97.3 Å². The van der Waals surface area contributed by atoms with Gasteiger partial charge in [-0.15, -0.1) is 0 Å². The first-order valence-electron chi connectivity index (χ1n) is 31.0. The Labute approximate surface area is 463 Å². The third-order valence-electron chi connectivity index (χ3n) is 13.8. The summed E-state index contributed by atoms with van der Waals surface area (Å²) in [5.41, 5.74) is 0. The predicted octanol–water partition coefficient (Wildman–Crippen LogP) is 18.2. The van der Waals surface area contributed by atoms with Gasteiger partial charge in [0.25, 0.3) is 0 Å². The quantitative estimate of drug-likeness (QED) is 0.0207. The molecule has 0 rings (SSSR count). The zero-order valence-corrected chi connectivity index (χ0v) is 50.3. The molecule has 0 saturated carbocycles. The number of hydrogen-bond acceptors (Lipinski definition) is 6. The highest BCUT2D eigenvalue weighted by Gasteiger charge is 2.32. The van der Waals surface area contributed by atoms with E-state index >= 15 is 0 Å². The Morgan fingerprint density at radius 2 is 0.853 bits per heavy atom. The Morgan fingerprint density at radius 3 is 1.28 bits per heavy atom. The highest BCUT2D eigenvalue weighted by Crippen LogP contribution is 2.43. The Balaban J connectivity index is 3.95. The first-order chi connectivity index (χ1) is 36.4. The smallest absolute Gasteiger partial charge is 0.390 e. The van der Waals surface area contributed by atoms with Crippen LogP contribution in [0.4, 0.5) is 0 Å². The number of phosphoric acid groups is 1. The van der Waals surface area contributed by atoms with Gasteiger partial charge >= 0.3 is 7.82 Å². The van der Waals surface area contributed by atoms with Crippen LogP contribution in [-0.4, -0.2) is 84.6 Å². The molecule has 0 aliphatic heterocycles. The van der Waals surface area contributed by atoms with Gasteiger partial charge in [0.15, 0.2) is 0 Å². The maximum Gasteiger partial charge on any atom is 0.472 e. The maximum atomic E-state index is 13.0. The molecule has 0 spiro atoms. The van der Waals surface area contributed by atoms with Crippen molar-refractivity contribution in [3.8, 4) is 0 Å². The zero-order valence-electron chi connectivity index (χ0n) is 49.4. The Hall–Kier alpha value is -2.36. The lowest BCUT2D eigenvalue weighted by Crippen LogP contribution is -2.51. The summed E-state index contributed by atoms with van der Waals surface area (Å²) in [7, 11) is 1.41. The maximum absolute atomic E-state index is 13.0. The number of nitrogens with zero attached hydrogens (tertiary/aromatic N) is 1. The number of aliphatic hydroxyl groups excluding tert-OH is 2. The number of quaternary nitrogens is 1. The minimum absolute atomic E-state index is 0.0112. The lowest BCUT2D eigenvalue weighted by molar-refractivity contribution is -0.870. The summed E-state index contributed by atoms with van der Waals surface area (Å²) in [6.45, 7) is 4.26. The van der Waals surface area contributed by atoms with Gasteiger partial charge in [-0.05, 0) is 96.8 Å².